The Kier molecular flexibility index (Phi) is 5.41. The minimum Gasteiger partial charge on any atom is -0.369 e. The lowest BCUT2D eigenvalue weighted by atomic mass is 9.77. The predicted molar refractivity (Wildman–Crippen MR) is 79.9 cm³/mol. The van der Waals surface area contributed by atoms with Crippen LogP contribution in [-0.2, 0) is 11.3 Å². The summed E-state index contributed by atoms with van der Waals surface area (Å²) in [5, 5.41) is 0. The normalized spacial score (nSPS) is 27.4. The van der Waals surface area contributed by atoms with Crippen LogP contribution in [0.25, 0.3) is 0 Å². The average molecular weight is 261 g/mol. The van der Waals surface area contributed by atoms with Gasteiger partial charge in [-0.2, -0.15) is 0 Å². The molecule has 1 aliphatic rings. The van der Waals surface area contributed by atoms with Gasteiger partial charge in [0, 0.05) is 6.54 Å². The highest BCUT2D eigenvalue weighted by Gasteiger charge is 2.34. The van der Waals surface area contributed by atoms with Gasteiger partial charge in [0.25, 0.3) is 0 Å². The molecular formula is C17H27NO. The van der Waals surface area contributed by atoms with E-state index < -0.39 is 0 Å². The van der Waals surface area contributed by atoms with Crippen molar-refractivity contribution in [2.45, 2.75) is 57.7 Å². The van der Waals surface area contributed by atoms with Gasteiger partial charge in [0.1, 0.15) is 0 Å². The van der Waals surface area contributed by atoms with E-state index in [0.29, 0.717) is 13.2 Å². The maximum Gasteiger partial charge on any atom is 0.0808 e. The van der Waals surface area contributed by atoms with E-state index in [2.05, 4.69) is 31.2 Å². The minimum atomic E-state index is -0.0694. The lowest BCUT2D eigenvalue weighted by molar-refractivity contribution is -0.0816. The van der Waals surface area contributed by atoms with Gasteiger partial charge in [-0.05, 0) is 37.2 Å². The first-order valence-corrected chi connectivity index (χ1v) is 7.66. The van der Waals surface area contributed by atoms with E-state index in [9.17, 15) is 0 Å². The SMILES string of the molecule is CCCC1CCC(CN)(OCc2ccccc2)CC1. The molecule has 0 aromatic heterocycles. The molecule has 2 nitrogen and oxygen atoms in total. The molecule has 1 aromatic rings. The molecule has 2 N–H and O–H groups in total. The summed E-state index contributed by atoms with van der Waals surface area (Å²) in [6.45, 7) is 3.62. The highest BCUT2D eigenvalue weighted by atomic mass is 16.5. The van der Waals surface area contributed by atoms with Crippen molar-refractivity contribution in [3.63, 3.8) is 0 Å². The molecule has 0 unspecified atom stereocenters. The molecule has 0 saturated heterocycles. The average Bonchev–Trinajstić information content (AvgIpc) is 2.48. The van der Waals surface area contributed by atoms with Crippen molar-refractivity contribution >= 4 is 0 Å². The van der Waals surface area contributed by atoms with E-state index in [1.165, 1.54) is 31.2 Å². The van der Waals surface area contributed by atoms with Gasteiger partial charge in [0.05, 0.1) is 12.2 Å². The van der Waals surface area contributed by atoms with Crippen LogP contribution >= 0.6 is 0 Å². The lowest BCUT2D eigenvalue weighted by Gasteiger charge is -2.39. The second-order valence-corrected chi connectivity index (χ2v) is 5.89. The largest absolute Gasteiger partial charge is 0.369 e. The molecule has 0 heterocycles. The van der Waals surface area contributed by atoms with Gasteiger partial charge in [-0.1, -0.05) is 50.1 Å². The van der Waals surface area contributed by atoms with Crippen LogP contribution in [0, 0.1) is 5.92 Å². The Morgan fingerprint density at radius 2 is 1.89 bits per heavy atom. The second-order valence-electron chi connectivity index (χ2n) is 5.89. The Morgan fingerprint density at radius 3 is 2.47 bits per heavy atom. The van der Waals surface area contributed by atoms with Crippen LogP contribution in [0.2, 0.25) is 0 Å². The van der Waals surface area contributed by atoms with Crippen molar-refractivity contribution in [2.24, 2.45) is 11.7 Å². The molecule has 0 spiro atoms. The lowest BCUT2D eigenvalue weighted by Crippen LogP contribution is -2.43. The summed E-state index contributed by atoms with van der Waals surface area (Å²) >= 11 is 0. The molecule has 1 aromatic carbocycles. The van der Waals surface area contributed by atoms with Crippen molar-refractivity contribution in [3.05, 3.63) is 35.9 Å². The van der Waals surface area contributed by atoms with Gasteiger partial charge >= 0.3 is 0 Å². The fraction of sp³-hybridized carbons (Fsp3) is 0.647. The molecule has 0 atom stereocenters. The summed E-state index contributed by atoms with van der Waals surface area (Å²) < 4.78 is 6.21. The van der Waals surface area contributed by atoms with E-state index in [0.717, 1.165) is 18.8 Å². The van der Waals surface area contributed by atoms with Crippen LogP contribution in [-0.4, -0.2) is 12.1 Å². The summed E-state index contributed by atoms with van der Waals surface area (Å²) in [5.74, 6) is 0.894. The minimum absolute atomic E-state index is 0.0694. The third-order valence-corrected chi connectivity index (χ3v) is 4.47. The van der Waals surface area contributed by atoms with Crippen LogP contribution in [0.5, 0.6) is 0 Å². The number of ether oxygens (including phenoxy) is 1. The summed E-state index contributed by atoms with van der Waals surface area (Å²) in [4.78, 5) is 0. The highest BCUT2D eigenvalue weighted by Crippen LogP contribution is 2.36. The number of hydrogen-bond donors (Lipinski definition) is 1. The molecule has 1 saturated carbocycles. The van der Waals surface area contributed by atoms with E-state index in [-0.39, 0.29) is 5.60 Å². The number of rotatable bonds is 6. The van der Waals surface area contributed by atoms with Crippen LogP contribution in [0.15, 0.2) is 30.3 Å². The fourth-order valence-electron chi connectivity index (χ4n) is 3.12. The Hall–Kier alpha value is -0.860. The van der Waals surface area contributed by atoms with Crippen molar-refractivity contribution in [1.82, 2.24) is 0 Å². The first-order valence-electron chi connectivity index (χ1n) is 7.66. The predicted octanol–water partition coefficient (Wildman–Crippen LogP) is 3.89. The Balaban J connectivity index is 1.86. The summed E-state index contributed by atoms with van der Waals surface area (Å²) in [6, 6.07) is 10.4. The molecule has 2 heteroatoms. The standard InChI is InChI=1S/C17H27NO/c1-2-6-15-9-11-17(14-18,12-10-15)19-13-16-7-4-3-5-8-16/h3-5,7-8,15H,2,6,9-14,18H2,1H3. The third-order valence-electron chi connectivity index (χ3n) is 4.47. The second kappa shape index (κ2) is 7.06. The molecule has 1 fully saturated rings. The Morgan fingerprint density at radius 1 is 1.21 bits per heavy atom. The quantitative estimate of drug-likeness (QED) is 0.843. The zero-order valence-corrected chi connectivity index (χ0v) is 12.1. The smallest absolute Gasteiger partial charge is 0.0808 e. The molecule has 0 bridgehead atoms. The number of benzene rings is 1. The number of nitrogens with two attached hydrogens (primary N) is 1. The molecule has 0 amide bonds. The summed E-state index contributed by atoms with van der Waals surface area (Å²) in [6.07, 6.45) is 7.46. The zero-order valence-electron chi connectivity index (χ0n) is 12.1. The van der Waals surface area contributed by atoms with Crippen molar-refractivity contribution in [3.8, 4) is 0 Å². The van der Waals surface area contributed by atoms with E-state index >= 15 is 0 Å². The molecule has 2 rings (SSSR count). The van der Waals surface area contributed by atoms with Crippen LogP contribution < -0.4 is 5.73 Å². The van der Waals surface area contributed by atoms with Gasteiger partial charge in [0.15, 0.2) is 0 Å². The molecule has 19 heavy (non-hydrogen) atoms. The molecular weight excluding hydrogens is 234 g/mol. The van der Waals surface area contributed by atoms with E-state index in [1.807, 2.05) is 6.07 Å². The fourth-order valence-corrected chi connectivity index (χ4v) is 3.12. The topological polar surface area (TPSA) is 35.2 Å². The van der Waals surface area contributed by atoms with Crippen LogP contribution in [0.1, 0.15) is 51.0 Å². The first-order chi connectivity index (χ1) is 9.28. The maximum atomic E-state index is 6.21. The summed E-state index contributed by atoms with van der Waals surface area (Å²) in [5.41, 5.74) is 7.17. The van der Waals surface area contributed by atoms with Crippen molar-refractivity contribution in [2.75, 3.05) is 6.54 Å². The zero-order chi connectivity index (χ0) is 13.6. The van der Waals surface area contributed by atoms with Crippen molar-refractivity contribution < 1.29 is 4.74 Å². The van der Waals surface area contributed by atoms with E-state index in [4.69, 9.17) is 10.5 Å². The maximum absolute atomic E-state index is 6.21. The van der Waals surface area contributed by atoms with Gasteiger partial charge < -0.3 is 10.5 Å². The Labute approximate surface area is 117 Å². The molecule has 106 valence electrons. The molecule has 1 aliphatic carbocycles. The molecule has 0 aliphatic heterocycles. The first kappa shape index (κ1) is 14.5. The van der Waals surface area contributed by atoms with Gasteiger partial charge in [-0.25, -0.2) is 0 Å². The van der Waals surface area contributed by atoms with Gasteiger partial charge in [-0.15, -0.1) is 0 Å². The third kappa shape index (κ3) is 4.05. The number of hydrogen-bond acceptors (Lipinski definition) is 2. The van der Waals surface area contributed by atoms with Crippen molar-refractivity contribution in [1.29, 1.82) is 0 Å². The van der Waals surface area contributed by atoms with Gasteiger partial charge in [0.2, 0.25) is 0 Å². The Bertz CT molecular complexity index is 355. The van der Waals surface area contributed by atoms with Crippen LogP contribution in [0.3, 0.4) is 0 Å². The van der Waals surface area contributed by atoms with Gasteiger partial charge in [-0.3, -0.25) is 0 Å². The highest BCUT2D eigenvalue weighted by molar-refractivity contribution is 5.13. The monoisotopic (exact) mass is 261 g/mol. The van der Waals surface area contributed by atoms with E-state index in [1.54, 1.807) is 0 Å². The molecule has 0 radical (unpaired) electrons. The summed E-state index contributed by atoms with van der Waals surface area (Å²) in [7, 11) is 0. The van der Waals surface area contributed by atoms with Crippen LogP contribution in [0.4, 0.5) is 0 Å².